The van der Waals surface area contributed by atoms with Gasteiger partial charge in [-0.05, 0) is 24.3 Å². The second-order valence-electron chi connectivity index (χ2n) is 2.79. The van der Waals surface area contributed by atoms with Gasteiger partial charge in [0.15, 0.2) is 0 Å². The van der Waals surface area contributed by atoms with Gasteiger partial charge < -0.3 is 4.74 Å². The smallest absolute Gasteiger partial charge is 0.377 e. The molecule has 0 radical (unpaired) electrons. The fourth-order valence-electron chi connectivity index (χ4n) is 1.21. The van der Waals surface area contributed by atoms with Gasteiger partial charge in [-0.15, -0.1) is 0 Å². The molecule has 6 heteroatoms. The molecule has 1 atom stereocenters. The van der Waals surface area contributed by atoms with Crippen molar-refractivity contribution in [3.05, 3.63) is 39.9 Å². The van der Waals surface area contributed by atoms with Crippen molar-refractivity contribution in [2.45, 2.75) is 6.23 Å². The van der Waals surface area contributed by atoms with Crippen LogP contribution >= 0.6 is 0 Å². The molecule has 0 aromatic heterocycles. The molecule has 1 aromatic carbocycles. The molecule has 72 valence electrons. The molecule has 2 heterocycles. The van der Waals surface area contributed by atoms with Gasteiger partial charge in [0.1, 0.15) is 0 Å². The van der Waals surface area contributed by atoms with Crippen molar-refractivity contribution in [2.24, 2.45) is 0 Å². The third-order valence-corrected chi connectivity index (χ3v) is 1.85. The zero-order valence-corrected chi connectivity index (χ0v) is 6.97. The Kier molecular flexibility index (Phi) is 1.81. The number of carbonyl (C=O) groups excluding carboxylic acids is 1. The lowest BCUT2D eigenvalue weighted by molar-refractivity contribution is -0.574. The summed E-state index contributed by atoms with van der Waals surface area (Å²) in [5, 5.41) is 12.9. The van der Waals surface area contributed by atoms with Gasteiger partial charge in [0.05, 0.1) is 10.5 Å². The van der Waals surface area contributed by atoms with Crippen LogP contribution in [0.1, 0.15) is 11.8 Å². The lowest BCUT2D eigenvalue weighted by Crippen LogP contribution is -2.24. The van der Waals surface area contributed by atoms with Gasteiger partial charge in [0.2, 0.25) is 0 Å². The van der Waals surface area contributed by atoms with E-state index in [4.69, 9.17) is 0 Å². The summed E-state index contributed by atoms with van der Waals surface area (Å²) in [4.78, 5) is 20.9. The van der Waals surface area contributed by atoms with Crippen molar-refractivity contribution in [1.82, 2.24) is 0 Å². The number of nitro groups is 1. The van der Waals surface area contributed by atoms with E-state index in [1.165, 1.54) is 0 Å². The van der Waals surface area contributed by atoms with Crippen molar-refractivity contribution in [3.63, 3.8) is 0 Å². The summed E-state index contributed by atoms with van der Waals surface area (Å²) in [5.74, 6) is 0. The molecule has 0 aliphatic carbocycles. The summed E-state index contributed by atoms with van der Waals surface area (Å²) < 4.78 is 4.58. The number of hydrogen-bond donors (Lipinski definition) is 1. The highest BCUT2D eigenvalue weighted by Gasteiger charge is 2.29. The summed E-state index contributed by atoms with van der Waals surface area (Å²) in [5.41, 5.74) is 0.911. The number of nitrogens with one attached hydrogen (secondary N) is 1. The predicted octanol–water partition coefficient (Wildman–Crippen LogP) is 1.52. The Labute approximate surface area is 78.6 Å². The quantitative estimate of drug-likeness (QED) is 0.542. The van der Waals surface area contributed by atoms with Crippen LogP contribution in [-0.4, -0.2) is 11.0 Å². The monoisotopic (exact) mass is 194 g/mol. The Morgan fingerprint density at radius 1 is 1.36 bits per heavy atom. The van der Waals surface area contributed by atoms with Crippen molar-refractivity contribution in [1.29, 1.82) is 0 Å². The van der Waals surface area contributed by atoms with E-state index in [-0.39, 0.29) is 0 Å². The number of fused-ring (bicyclic) bond motifs is 5. The molecule has 1 amide bonds. The molecule has 6 nitrogen and oxygen atoms in total. The van der Waals surface area contributed by atoms with Crippen molar-refractivity contribution < 1.29 is 14.5 Å². The minimum absolute atomic E-state index is 0.355. The van der Waals surface area contributed by atoms with Crippen LogP contribution in [0, 0.1) is 10.1 Å². The third kappa shape index (κ3) is 1.37. The SMILES string of the molecule is O=C1Nc2ccc(cc2)C([N+](=O)[O-])O1. The van der Waals surface area contributed by atoms with E-state index in [2.05, 4.69) is 10.1 Å². The summed E-state index contributed by atoms with van der Waals surface area (Å²) in [6, 6.07) is 6.27. The average Bonchev–Trinajstić information content (AvgIpc) is 2.11. The van der Waals surface area contributed by atoms with Crippen molar-refractivity contribution in [2.75, 3.05) is 5.32 Å². The molecule has 0 saturated heterocycles. The fourth-order valence-corrected chi connectivity index (χ4v) is 1.21. The van der Waals surface area contributed by atoms with E-state index in [0.29, 0.717) is 11.3 Å². The van der Waals surface area contributed by atoms with E-state index >= 15 is 0 Å². The number of ether oxygens (including phenoxy) is 1. The fraction of sp³-hybridized carbons (Fsp3) is 0.125. The normalized spacial score (nSPS) is 19.1. The molecule has 14 heavy (non-hydrogen) atoms. The minimum atomic E-state index is -1.43. The summed E-state index contributed by atoms with van der Waals surface area (Å²) in [6.45, 7) is 0. The highest BCUT2D eigenvalue weighted by atomic mass is 16.7. The lowest BCUT2D eigenvalue weighted by Gasteiger charge is -2.15. The van der Waals surface area contributed by atoms with Gasteiger partial charge in [-0.1, -0.05) is 0 Å². The molecule has 2 bridgehead atoms. The highest BCUT2D eigenvalue weighted by Crippen LogP contribution is 2.23. The van der Waals surface area contributed by atoms with E-state index < -0.39 is 17.2 Å². The first-order chi connectivity index (χ1) is 6.66. The zero-order valence-electron chi connectivity index (χ0n) is 6.97. The molecule has 1 N–H and O–H groups in total. The molecular weight excluding hydrogens is 188 g/mol. The van der Waals surface area contributed by atoms with Crippen LogP contribution in [0.25, 0.3) is 0 Å². The topological polar surface area (TPSA) is 81.5 Å². The van der Waals surface area contributed by atoms with Gasteiger partial charge in [0, 0.05) is 5.69 Å². The van der Waals surface area contributed by atoms with Gasteiger partial charge in [-0.2, -0.15) is 0 Å². The first-order valence-electron chi connectivity index (χ1n) is 3.88. The number of rotatable bonds is 1. The van der Waals surface area contributed by atoms with E-state index in [1.54, 1.807) is 24.3 Å². The second-order valence-corrected chi connectivity index (χ2v) is 2.79. The van der Waals surface area contributed by atoms with Crippen LogP contribution in [-0.2, 0) is 4.74 Å². The second kappa shape index (κ2) is 2.99. The molecule has 2 aliphatic rings. The molecular formula is C8H6N2O4. The number of anilines is 1. The summed E-state index contributed by atoms with van der Waals surface area (Å²) in [6.07, 6.45) is -2.24. The van der Waals surface area contributed by atoms with Crippen LogP contribution in [0.4, 0.5) is 10.5 Å². The number of hydrogen-bond acceptors (Lipinski definition) is 4. The highest BCUT2D eigenvalue weighted by molar-refractivity contribution is 5.85. The van der Waals surface area contributed by atoms with E-state index in [9.17, 15) is 14.9 Å². The largest absolute Gasteiger partial charge is 0.417 e. The Balaban J connectivity index is 2.46. The van der Waals surface area contributed by atoms with Gasteiger partial charge in [-0.3, -0.25) is 15.4 Å². The molecule has 1 aromatic rings. The van der Waals surface area contributed by atoms with Gasteiger partial charge >= 0.3 is 12.3 Å². The van der Waals surface area contributed by atoms with Crippen molar-refractivity contribution >= 4 is 11.8 Å². The van der Waals surface area contributed by atoms with Crippen LogP contribution in [0.3, 0.4) is 0 Å². The molecule has 1 unspecified atom stereocenters. The molecule has 0 spiro atoms. The van der Waals surface area contributed by atoms with Gasteiger partial charge in [0.25, 0.3) is 0 Å². The maximum atomic E-state index is 11.0. The van der Waals surface area contributed by atoms with Crippen molar-refractivity contribution in [3.8, 4) is 0 Å². The van der Waals surface area contributed by atoms with Gasteiger partial charge in [-0.25, -0.2) is 4.79 Å². The number of carbonyl (C=O) groups is 1. The summed E-state index contributed by atoms with van der Waals surface area (Å²) in [7, 11) is 0. The standard InChI is InChI=1S/C8H6N2O4/c11-8-9-6-3-1-5(2-4-6)7(14-8)10(12)13/h1-4,7H,(H,9,11). The average molecular weight is 194 g/mol. The number of benzene rings is 1. The Morgan fingerprint density at radius 3 is 2.57 bits per heavy atom. The Hall–Kier alpha value is -2.11. The first-order valence-corrected chi connectivity index (χ1v) is 3.88. The Bertz CT molecular complexity index is 387. The number of nitrogens with zero attached hydrogens (tertiary/aromatic N) is 1. The molecule has 0 saturated carbocycles. The van der Waals surface area contributed by atoms with Crippen LogP contribution in [0.2, 0.25) is 0 Å². The lowest BCUT2D eigenvalue weighted by atomic mass is 10.2. The van der Waals surface area contributed by atoms with Crippen LogP contribution in [0.15, 0.2) is 24.3 Å². The first kappa shape index (κ1) is 8.49. The van der Waals surface area contributed by atoms with Crippen LogP contribution < -0.4 is 5.32 Å². The summed E-state index contributed by atoms with van der Waals surface area (Å²) >= 11 is 0. The van der Waals surface area contributed by atoms with E-state index in [0.717, 1.165) is 0 Å². The maximum absolute atomic E-state index is 11.0. The number of amides is 1. The molecule has 2 aliphatic heterocycles. The maximum Gasteiger partial charge on any atom is 0.417 e. The molecule has 0 fully saturated rings. The minimum Gasteiger partial charge on any atom is -0.377 e. The zero-order chi connectivity index (χ0) is 10.1. The van der Waals surface area contributed by atoms with E-state index in [1.807, 2.05) is 0 Å². The predicted molar refractivity (Wildman–Crippen MR) is 46.3 cm³/mol. The third-order valence-electron chi connectivity index (χ3n) is 1.85. The van der Waals surface area contributed by atoms with Crippen LogP contribution in [0.5, 0.6) is 0 Å². The Morgan fingerprint density at radius 2 is 2.00 bits per heavy atom. The molecule has 3 rings (SSSR count).